The first kappa shape index (κ1) is 24.0. The van der Waals surface area contributed by atoms with Crippen molar-refractivity contribution in [1.82, 2.24) is 9.62 Å². The van der Waals surface area contributed by atoms with Crippen molar-refractivity contribution in [2.45, 2.75) is 36.7 Å². The number of anilines is 2. The molecule has 1 saturated heterocycles. The van der Waals surface area contributed by atoms with Gasteiger partial charge in [0.25, 0.3) is 0 Å². The van der Waals surface area contributed by atoms with Crippen molar-refractivity contribution in [2.75, 3.05) is 44.1 Å². The number of nitrogens with zero attached hydrogens (tertiary/aromatic N) is 3. The summed E-state index contributed by atoms with van der Waals surface area (Å²) < 4.78 is 31.8. The van der Waals surface area contributed by atoms with Crippen molar-refractivity contribution >= 4 is 33.2 Å². The number of piperidine rings is 1. The Balaban J connectivity index is 1.61. The van der Waals surface area contributed by atoms with E-state index in [0.29, 0.717) is 17.9 Å². The van der Waals surface area contributed by atoms with Gasteiger partial charge in [0, 0.05) is 27.2 Å². The van der Waals surface area contributed by atoms with Crippen LogP contribution in [0.25, 0.3) is 0 Å². The molecule has 0 aliphatic carbocycles. The number of fused-ring (bicyclic) bond motifs is 3. The van der Waals surface area contributed by atoms with Crippen LogP contribution in [-0.4, -0.2) is 64.9 Å². The van der Waals surface area contributed by atoms with Crippen LogP contribution in [0.3, 0.4) is 0 Å². The SMILES string of the molecule is COc1cccc(CNC(=O)CN2C(=O)C3CCCCN3c3ccc(S(=O)(=O)N(C)C)cc32)c1. The average Bonchev–Trinajstić information content (AvgIpc) is 2.85. The van der Waals surface area contributed by atoms with Gasteiger partial charge in [-0.25, -0.2) is 12.7 Å². The number of methoxy groups -OCH3 is 1. The summed E-state index contributed by atoms with van der Waals surface area (Å²) in [4.78, 5) is 29.9. The summed E-state index contributed by atoms with van der Waals surface area (Å²) in [6.07, 6.45) is 2.60. The topological polar surface area (TPSA) is 99.3 Å². The first-order valence-corrected chi connectivity index (χ1v) is 12.7. The van der Waals surface area contributed by atoms with Crippen molar-refractivity contribution in [3.8, 4) is 5.75 Å². The number of benzene rings is 2. The molecule has 1 N–H and O–H groups in total. The zero-order valence-corrected chi connectivity index (χ0v) is 20.5. The van der Waals surface area contributed by atoms with Crippen LogP contribution in [0.1, 0.15) is 24.8 Å². The van der Waals surface area contributed by atoms with Gasteiger partial charge in [-0.1, -0.05) is 12.1 Å². The van der Waals surface area contributed by atoms with Crippen molar-refractivity contribution in [2.24, 2.45) is 0 Å². The first-order valence-electron chi connectivity index (χ1n) is 11.3. The summed E-state index contributed by atoms with van der Waals surface area (Å²) in [6.45, 7) is 0.820. The Morgan fingerprint density at radius 1 is 1.15 bits per heavy atom. The summed E-state index contributed by atoms with van der Waals surface area (Å²) in [6, 6.07) is 11.8. The van der Waals surface area contributed by atoms with Gasteiger partial charge in [-0.2, -0.15) is 0 Å². The third kappa shape index (κ3) is 4.60. The predicted octanol–water partition coefficient (Wildman–Crippen LogP) is 1.97. The standard InChI is InChI=1S/C24H30N4O5S/c1-26(2)34(31,32)19-10-11-20-22(14-19)28(24(30)21-9-4-5-12-27(20)21)16-23(29)25-15-17-7-6-8-18(13-17)33-3/h6-8,10-11,13-14,21H,4-5,9,12,15-16H2,1-3H3,(H,25,29). The minimum atomic E-state index is -3.70. The fourth-order valence-electron chi connectivity index (χ4n) is 4.45. The van der Waals surface area contributed by atoms with Gasteiger partial charge in [-0.05, 0) is 55.2 Å². The molecule has 0 aromatic heterocycles. The molecule has 2 aliphatic rings. The third-order valence-electron chi connectivity index (χ3n) is 6.31. The number of amides is 2. The molecular weight excluding hydrogens is 456 g/mol. The smallest absolute Gasteiger partial charge is 0.250 e. The fourth-order valence-corrected chi connectivity index (χ4v) is 5.38. The van der Waals surface area contributed by atoms with Gasteiger partial charge in [0.15, 0.2) is 0 Å². The van der Waals surface area contributed by atoms with Crippen LogP contribution in [0, 0.1) is 0 Å². The highest BCUT2D eigenvalue weighted by Crippen LogP contribution is 2.40. The van der Waals surface area contributed by atoms with Crippen molar-refractivity contribution < 1.29 is 22.7 Å². The van der Waals surface area contributed by atoms with E-state index < -0.39 is 10.0 Å². The molecule has 0 bridgehead atoms. The second-order valence-corrected chi connectivity index (χ2v) is 10.8. The molecule has 0 saturated carbocycles. The van der Waals surface area contributed by atoms with Crippen LogP contribution in [0.4, 0.5) is 11.4 Å². The zero-order valence-electron chi connectivity index (χ0n) is 19.7. The zero-order chi connectivity index (χ0) is 24.5. The van der Waals surface area contributed by atoms with Gasteiger partial charge in [-0.3, -0.25) is 14.5 Å². The summed E-state index contributed by atoms with van der Waals surface area (Å²) in [7, 11) is 0.808. The number of sulfonamides is 1. The van der Waals surface area contributed by atoms with Crippen LogP contribution in [0.15, 0.2) is 47.4 Å². The number of nitrogens with one attached hydrogen (secondary N) is 1. The van der Waals surface area contributed by atoms with E-state index in [2.05, 4.69) is 5.32 Å². The molecule has 9 nitrogen and oxygen atoms in total. The Bertz CT molecular complexity index is 1200. The predicted molar refractivity (Wildman–Crippen MR) is 129 cm³/mol. The number of carbonyl (C=O) groups is 2. The molecular formula is C24H30N4O5S. The highest BCUT2D eigenvalue weighted by Gasteiger charge is 2.40. The molecule has 2 aromatic rings. The second kappa shape index (κ2) is 9.63. The fraction of sp³-hybridized carbons (Fsp3) is 0.417. The lowest BCUT2D eigenvalue weighted by atomic mass is 9.96. The maximum absolute atomic E-state index is 13.4. The third-order valence-corrected chi connectivity index (χ3v) is 8.12. The summed E-state index contributed by atoms with van der Waals surface area (Å²) in [5.74, 6) is 0.189. The van der Waals surface area contributed by atoms with Gasteiger partial charge in [0.2, 0.25) is 21.8 Å². The summed E-state index contributed by atoms with van der Waals surface area (Å²) in [5.41, 5.74) is 2.10. The molecule has 182 valence electrons. The molecule has 10 heteroatoms. The number of ether oxygens (including phenoxy) is 1. The number of rotatable bonds is 7. The second-order valence-electron chi connectivity index (χ2n) is 8.70. The Morgan fingerprint density at radius 3 is 2.68 bits per heavy atom. The largest absolute Gasteiger partial charge is 0.497 e. The lowest BCUT2D eigenvalue weighted by molar-refractivity contribution is -0.125. The highest BCUT2D eigenvalue weighted by atomic mass is 32.2. The highest BCUT2D eigenvalue weighted by molar-refractivity contribution is 7.89. The Kier molecular flexibility index (Phi) is 6.81. The van der Waals surface area contributed by atoms with E-state index in [1.54, 1.807) is 19.2 Å². The molecule has 1 fully saturated rings. The van der Waals surface area contributed by atoms with Crippen LogP contribution in [-0.2, 0) is 26.2 Å². The minimum Gasteiger partial charge on any atom is -0.497 e. The van der Waals surface area contributed by atoms with Crippen molar-refractivity contribution in [1.29, 1.82) is 0 Å². The van der Waals surface area contributed by atoms with E-state index in [0.717, 1.165) is 34.9 Å². The van der Waals surface area contributed by atoms with Gasteiger partial charge in [0.05, 0.1) is 23.4 Å². The number of hydrogen-bond acceptors (Lipinski definition) is 6. The Morgan fingerprint density at radius 2 is 1.94 bits per heavy atom. The lowest BCUT2D eigenvalue weighted by Crippen LogP contribution is -2.57. The maximum atomic E-state index is 13.4. The first-order chi connectivity index (χ1) is 16.2. The van der Waals surface area contributed by atoms with E-state index in [-0.39, 0.29) is 35.8 Å². The number of carbonyl (C=O) groups excluding carboxylic acids is 2. The molecule has 0 spiro atoms. The van der Waals surface area contributed by atoms with Crippen LogP contribution in [0.2, 0.25) is 0 Å². The normalized spacial score (nSPS) is 17.9. The molecule has 1 atom stereocenters. The average molecular weight is 487 g/mol. The molecule has 2 aliphatic heterocycles. The van der Waals surface area contributed by atoms with Crippen molar-refractivity contribution in [3.63, 3.8) is 0 Å². The van der Waals surface area contributed by atoms with E-state index in [9.17, 15) is 18.0 Å². The van der Waals surface area contributed by atoms with Crippen molar-refractivity contribution in [3.05, 3.63) is 48.0 Å². The van der Waals surface area contributed by atoms with Crippen LogP contribution < -0.4 is 19.9 Å². The van der Waals surface area contributed by atoms with E-state index >= 15 is 0 Å². The van der Waals surface area contributed by atoms with Gasteiger partial charge < -0.3 is 15.0 Å². The quantitative estimate of drug-likeness (QED) is 0.643. The summed E-state index contributed by atoms with van der Waals surface area (Å²) in [5, 5.41) is 2.86. The molecule has 2 heterocycles. The van der Waals surface area contributed by atoms with Gasteiger partial charge in [0.1, 0.15) is 18.3 Å². The Labute approximate surface area is 200 Å². The molecule has 4 rings (SSSR count). The minimum absolute atomic E-state index is 0.0845. The maximum Gasteiger partial charge on any atom is 0.250 e. The van der Waals surface area contributed by atoms with E-state index in [4.69, 9.17) is 4.74 Å². The van der Waals surface area contributed by atoms with Crippen LogP contribution >= 0.6 is 0 Å². The molecule has 1 unspecified atom stereocenters. The molecule has 2 aromatic carbocycles. The van der Waals surface area contributed by atoms with E-state index in [1.165, 1.54) is 25.1 Å². The molecule has 0 radical (unpaired) electrons. The van der Waals surface area contributed by atoms with E-state index in [1.807, 2.05) is 29.2 Å². The molecule has 34 heavy (non-hydrogen) atoms. The molecule has 2 amide bonds. The Hall–Kier alpha value is -3.11. The summed E-state index contributed by atoms with van der Waals surface area (Å²) >= 11 is 0. The van der Waals surface area contributed by atoms with Gasteiger partial charge >= 0.3 is 0 Å². The van der Waals surface area contributed by atoms with Crippen LogP contribution in [0.5, 0.6) is 5.75 Å². The van der Waals surface area contributed by atoms with Gasteiger partial charge in [-0.15, -0.1) is 0 Å². The number of hydrogen-bond donors (Lipinski definition) is 1. The monoisotopic (exact) mass is 486 g/mol. The lowest BCUT2D eigenvalue weighted by Gasteiger charge is -2.45.